The van der Waals surface area contributed by atoms with Crippen LogP contribution < -0.4 is 16.4 Å². The highest BCUT2D eigenvalue weighted by Gasteiger charge is 2.20. The van der Waals surface area contributed by atoms with Gasteiger partial charge in [-0.3, -0.25) is 4.79 Å². The Morgan fingerprint density at radius 2 is 2.23 bits per heavy atom. The summed E-state index contributed by atoms with van der Waals surface area (Å²) >= 11 is 0. The van der Waals surface area contributed by atoms with Gasteiger partial charge in [0.1, 0.15) is 0 Å². The summed E-state index contributed by atoms with van der Waals surface area (Å²) in [6.07, 6.45) is 3.36. The molecule has 1 aliphatic rings. The topological polar surface area (TPSA) is 67.2 Å². The first-order valence-corrected chi connectivity index (χ1v) is 4.92. The summed E-state index contributed by atoms with van der Waals surface area (Å²) in [7, 11) is 0. The third kappa shape index (κ3) is 4.24. The molecule has 2 unspecified atom stereocenters. The first kappa shape index (κ1) is 10.5. The van der Waals surface area contributed by atoms with E-state index in [-0.39, 0.29) is 5.91 Å². The smallest absolute Gasteiger partial charge is 0.216 e. The van der Waals surface area contributed by atoms with Crippen LogP contribution in [0.15, 0.2) is 0 Å². The van der Waals surface area contributed by atoms with Crippen LogP contribution in [0.4, 0.5) is 0 Å². The van der Waals surface area contributed by atoms with Gasteiger partial charge in [-0.25, -0.2) is 0 Å². The van der Waals surface area contributed by atoms with Crippen molar-refractivity contribution in [2.24, 2.45) is 5.73 Å². The van der Waals surface area contributed by atoms with Crippen LogP contribution in [0.3, 0.4) is 0 Å². The molecule has 0 aromatic carbocycles. The van der Waals surface area contributed by atoms with E-state index in [4.69, 9.17) is 5.73 Å². The van der Waals surface area contributed by atoms with Gasteiger partial charge in [-0.1, -0.05) is 0 Å². The molecule has 0 aliphatic heterocycles. The zero-order valence-electron chi connectivity index (χ0n) is 8.18. The predicted molar refractivity (Wildman–Crippen MR) is 52.3 cm³/mol. The molecular weight excluding hydrogens is 166 g/mol. The second-order valence-corrected chi connectivity index (χ2v) is 3.71. The Kier molecular flexibility index (Phi) is 4.18. The quantitative estimate of drug-likeness (QED) is 0.522. The zero-order valence-corrected chi connectivity index (χ0v) is 8.18. The highest BCUT2D eigenvalue weighted by atomic mass is 16.1. The number of nitrogens with two attached hydrogens (primary N) is 1. The molecule has 76 valence electrons. The number of amides is 1. The van der Waals surface area contributed by atoms with E-state index in [0.717, 1.165) is 19.4 Å². The van der Waals surface area contributed by atoms with E-state index in [1.54, 1.807) is 0 Å². The van der Waals surface area contributed by atoms with Crippen LogP contribution in [0.2, 0.25) is 0 Å². The number of rotatable bonds is 4. The first-order chi connectivity index (χ1) is 6.18. The normalized spacial score (nSPS) is 27.5. The Labute approximate surface area is 79.3 Å². The van der Waals surface area contributed by atoms with E-state index in [9.17, 15) is 4.79 Å². The Morgan fingerprint density at radius 3 is 2.77 bits per heavy atom. The lowest BCUT2D eigenvalue weighted by molar-refractivity contribution is -0.118. The van der Waals surface area contributed by atoms with E-state index in [1.165, 1.54) is 13.3 Å². The van der Waals surface area contributed by atoms with Crippen molar-refractivity contribution in [2.75, 3.05) is 13.1 Å². The minimum atomic E-state index is 0.0323. The fourth-order valence-electron chi connectivity index (χ4n) is 1.72. The molecule has 1 aliphatic carbocycles. The van der Waals surface area contributed by atoms with Crippen LogP contribution in [-0.2, 0) is 4.79 Å². The van der Waals surface area contributed by atoms with E-state index < -0.39 is 0 Å². The summed E-state index contributed by atoms with van der Waals surface area (Å²) in [6, 6.07) is 0.932. The Hall–Kier alpha value is -0.610. The highest BCUT2D eigenvalue weighted by Crippen LogP contribution is 2.16. The van der Waals surface area contributed by atoms with Gasteiger partial charge in [0.25, 0.3) is 0 Å². The number of carbonyl (C=O) groups is 1. The van der Waals surface area contributed by atoms with Gasteiger partial charge >= 0.3 is 0 Å². The van der Waals surface area contributed by atoms with Gasteiger partial charge < -0.3 is 16.4 Å². The zero-order chi connectivity index (χ0) is 9.68. The average molecular weight is 185 g/mol. The maximum atomic E-state index is 10.5. The molecule has 0 aromatic heterocycles. The van der Waals surface area contributed by atoms with Gasteiger partial charge in [-0.15, -0.1) is 0 Å². The van der Waals surface area contributed by atoms with Gasteiger partial charge in [0.2, 0.25) is 5.91 Å². The molecule has 1 amide bonds. The monoisotopic (exact) mass is 185 g/mol. The van der Waals surface area contributed by atoms with Gasteiger partial charge in [-0.05, 0) is 19.3 Å². The third-order valence-electron chi connectivity index (χ3n) is 2.41. The minimum Gasteiger partial charge on any atom is -0.355 e. The second kappa shape index (κ2) is 5.19. The van der Waals surface area contributed by atoms with E-state index in [0.29, 0.717) is 18.6 Å². The fraction of sp³-hybridized carbons (Fsp3) is 0.889. The van der Waals surface area contributed by atoms with Crippen LogP contribution in [-0.4, -0.2) is 31.1 Å². The maximum Gasteiger partial charge on any atom is 0.216 e. The summed E-state index contributed by atoms with van der Waals surface area (Å²) in [6.45, 7) is 3.09. The standard InChI is InChI=1S/C9H19N3O/c1-7(13)11-4-5-12-9-3-2-8(10)6-9/h8-9,12H,2-6,10H2,1H3,(H,11,13). The molecule has 13 heavy (non-hydrogen) atoms. The van der Waals surface area contributed by atoms with Gasteiger partial charge in [0.05, 0.1) is 0 Å². The van der Waals surface area contributed by atoms with Crippen LogP contribution in [0.1, 0.15) is 26.2 Å². The largest absolute Gasteiger partial charge is 0.355 e. The molecular formula is C9H19N3O. The Bertz CT molecular complexity index is 172. The van der Waals surface area contributed by atoms with Gasteiger partial charge in [-0.2, -0.15) is 0 Å². The molecule has 4 N–H and O–H groups in total. The van der Waals surface area contributed by atoms with E-state index >= 15 is 0 Å². The van der Waals surface area contributed by atoms with Crippen LogP contribution in [0.5, 0.6) is 0 Å². The number of hydrogen-bond donors (Lipinski definition) is 3. The molecule has 0 spiro atoms. The summed E-state index contributed by atoms with van der Waals surface area (Å²) in [5, 5.41) is 6.12. The molecule has 2 atom stereocenters. The van der Waals surface area contributed by atoms with Crippen LogP contribution in [0, 0.1) is 0 Å². The van der Waals surface area contributed by atoms with Crippen molar-refractivity contribution in [3.8, 4) is 0 Å². The summed E-state index contributed by atoms with van der Waals surface area (Å²) in [4.78, 5) is 10.5. The number of nitrogens with one attached hydrogen (secondary N) is 2. The molecule has 0 aromatic rings. The first-order valence-electron chi connectivity index (χ1n) is 4.92. The molecule has 4 nitrogen and oxygen atoms in total. The molecule has 0 bridgehead atoms. The lowest BCUT2D eigenvalue weighted by atomic mass is 10.2. The Morgan fingerprint density at radius 1 is 1.46 bits per heavy atom. The molecule has 0 heterocycles. The van der Waals surface area contributed by atoms with Crippen LogP contribution >= 0.6 is 0 Å². The van der Waals surface area contributed by atoms with Crippen molar-refractivity contribution in [1.29, 1.82) is 0 Å². The number of hydrogen-bond acceptors (Lipinski definition) is 3. The van der Waals surface area contributed by atoms with E-state index in [1.807, 2.05) is 0 Å². The van der Waals surface area contributed by atoms with Crippen molar-refractivity contribution in [3.63, 3.8) is 0 Å². The Balaban J connectivity index is 1.97. The molecule has 0 radical (unpaired) electrons. The van der Waals surface area contributed by atoms with Crippen LogP contribution in [0.25, 0.3) is 0 Å². The van der Waals surface area contributed by atoms with Crippen molar-refractivity contribution in [2.45, 2.75) is 38.3 Å². The van der Waals surface area contributed by atoms with Gasteiger partial charge in [0.15, 0.2) is 0 Å². The lowest BCUT2D eigenvalue weighted by Crippen LogP contribution is -2.35. The predicted octanol–water partition coefficient (Wildman–Crippen LogP) is -0.408. The maximum absolute atomic E-state index is 10.5. The summed E-state index contributed by atoms with van der Waals surface area (Å²) in [5.74, 6) is 0.0323. The molecule has 4 heteroatoms. The van der Waals surface area contributed by atoms with Crippen molar-refractivity contribution in [1.82, 2.24) is 10.6 Å². The van der Waals surface area contributed by atoms with E-state index in [2.05, 4.69) is 10.6 Å². The fourth-order valence-corrected chi connectivity index (χ4v) is 1.72. The molecule has 1 saturated carbocycles. The van der Waals surface area contributed by atoms with Crippen molar-refractivity contribution >= 4 is 5.91 Å². The average Bonchev–Trinajstić information content (AvgIpc) is 2.45. The number of carbonyl (C=O) groups excluding carboxylic acids is 1. The molecule has 0 saturated heterocycles. The third-order valence-corrected chi connectivity index (χ3v) is 2.41. The SMILES string of the molecule is CC(=O)NCCNC1CCC(N)C1. The van der Waals surface area contributed by atoms with Crippen molar-refractivity contribution in [3.05, 3.63) is 0 Å². The lowest BCUT2D eigenvalue weighted by Gasteiger charge is -2.11. The van der Waals surface area contributed by atoms with Crippen molar-refractivity contribution < 1.29 is 4.79 Å². The second-order valence-electron chi connectivity index (χ2n) is 3.71. The molecule has 1 rings (SSSR count). The summed E-state index contributed by atoms with van der Waals surface area (Å²) < 4.78 is 0. The highest BCUT2D eigenvalue weighted by molar-refractivity contribution is 5.72. The molecule has 1 fully saturated rings. The summed E-state index contributed by atoms with van der Waals surface area (Å²) in [5.41, 5.74) is 5.77. The van der Waals surface area contributed by atoms with Gasteiger partial charge in [0, 0.05) is 32.1 Å². The minimum absolute atomic E-state index is 0.0323.